The minimum atomic E-state index is -0.232. The second-order valence-electron chi connectivity index (χ2n) is 3.43. The standard InChI is InChI=1S/C13H22O2/c1-3-5-6-7-8-9-10-11-12-13(14)15-4-2/h3,11-12H,1,4-10H2,2H3/b12-11+. The predicted octanol–water partition coefficient (Wildman–Crippen LogP) is 3.63. The molecule has 0 aromatic heterocycles. The fraction of sp³-hybridized carbons (Fsp3) is 0.615. The number of hydrogen-bond donors (Lipinski definition) is 0. The van der Waals surface area contributed by atoms with Crippen LogP contribution in [0.25, 0.3) is 0 Å². The first-order valence-corrected chi connectivity index (χ1v) is 5.75. The zero-order valence-electron chi connectivity index (χ0n) is 9.71. The number of esters is 1. The van der Waals surface area contributed by atoms with Crippen LogP contribution in [-0.2, 0) is 9.53 Å². The highest BCUT2D eigenvalue weighted by molar-refractivity contribution is 5.81. The van der Waals surface area contributed by atoms with Gasteiger partial charge in [0.25, 0.3) is 0 Å². The van der Waals surface area contributed by atoms with Crippen LogP contribution < -0.4 is 0 Å². The minimum absolute atomic E-state index is 0.232. The Balaban J connectivity index is 3.22. The third kappa shape index (κ3) is 10.9. The zero-order valence-corrected chi connectivity index (χ0v) is 9.71. The molecule has 0 aliphatic carbocycles. The number of unbranched alkanes of at least 4 members (excludes halogenated alkanes) is 5. The van der Waals surface area contributed by atoms with Crippen LogP contribution in [0.2, 0.25) is 0 Å². The van der Waals surface area contributed by atoms with E-state index in [4.69, 9.17) is 4.74 Å². The molecule has 0 fully saturated rings. The molecule has 0 saturated heterocycles. The van der Waals surface area contributed by atoms with Crippen molar-refractivity contribution in [2.45, 2.75) is 45.4 Å². The molecule has 15 heavy (non-hydrogen) atoms. The molecule has 0 saturated carbocycles. The maximum Gasteiger partial charge on any atom is 0.330 e. The molecule has 2 nitrogen and oxygen atoms in total. The van der Waals surface area contributed by atoms with Gasteiger partial charge < -0.3 is 4.74 Å². The van der Waals surface area contributed by atoms with E-state index in [9.17, 15) is 4.79 Å². The Hall–Kier alpha value is -1.05. The van der Waals surface area contributed by atoms with Crippen LogP contribution >= 0.6 is 0 Å². The van der Waals surface area contributed by atoms with Gasteiger partial charge in [0.2, 0.25) is 0 Å². The van der Waals surface area contributed by atoms with Gasteiger partial charge in [-0.05, 0) is 32.6 Å². The lowest BCUT2D eigenvalue weighted by Crippen LogP contribution is -1.98. The normalized spacial score (nSPS) is 10.5. The van der Waals surface area contributed by atoms with Gasteiger partial charge in [0.15, 0.2) is 0 Å². The molecule has 0 aromatic carbocycles. The molecule has 0 atom stereocenters. The van der Waals surface area contributed by atoms with Crippen molar-refractivity contribution >= 4 is 5.97 Å². The predicted molar refractivity (Wildman–Crippen MR) is 63.7 cm³/mol. The summed E-state index contributed by atoms with van der Waals surface area (Å²) in [5, 5.41) is 0. The van der Waals surface area contributed by atoms with Crippen molar-refractivity contribution in [3.8, 4) is 0 Å². The van der Waals surface area contributed by atoms with E-state index in [1.807, 2.05) is 19.1 Å². The number of carbonyl (C=O) groups is 1. The molecule has 2 heteroatoms. The van der Waals surface area contributed by atoms with Gasteiger partial charge in [-0.3, -0.25) is 0 Å². The van der Waals surface area contributed by atoms with Crippen LogP contribution in [0.15, 0.2) is 24.8 Å². The lowest BCUT2D eigenvalue weighted by molar-refractivity contribution is -0.137. The highest BCUT2D eigenvalue weighted by Crippen LogP contribution is 2.05. The van der Waals surface area contributed by atoms with Gasteiger partial charge in [0, 0.05) is 6.08 Å². The van der Waals surface area contributed by atoms with Crippen molar-refractivity contribution in [2.24, 2.45) is 0 Å². The fourth-order valence-electron chi connectivity index (χ4n) is 1.27. The number of hydrogen-bond acceptors (Lipinski definition) is 2. The van der Waals surface area contributed by atoms with Gasteiger partial charge in [-0.2, -0.15) is 0 Å². The van der Waals surface area contributed by atoms with Crippen molar-refractivity contribution in [3.63, 3.8) is 0 Å². The van der Waals surface area contributed by atoms with Crippen molar-refractivity contribution in [2.75, 3.05) is 6.61 Å². The van der Waals surface area contributed by atoms with E-state index in [0.717, 1.165) is 19.3 Å². The first-order chi connectivity index (χ1) is 7.31. The largest absolute Gasteiger partial charge is 0.463 e. The van der Waals surface area contributed by atoms with Gasteiger partial charge >= 0.3 is 5.97 Å². The van der Waals surface area contributed by atoms with Gasteiger partial charge in [-0.15, -0.1) is 6.58 Å². The first kappa shape index (κ1) is 13.9. The second kappa shape index (κ2) is 11.0. The van der Waals surface area contributed by atoms with Gasteiger partial charge in [0.1, 0.15) is 0 Å². The molecule has 0 aliphatic heterocycles. The molecule has 0 heterocycles. The smallest absolute Gasteiger partial charge is 0.330 e. The summed E-state index contributed by atoms with van der Waals surface area (Å²) in [7, 11) is 0. The van der Waals surface area contributed by atoms with E-state index in [-0.39, 0.29) is 5.97 Å². The average Bonchev–Trinajstić information content (AvgIpc) is 2.22. The summed E-state index contributed by atoms with van der Waals surface area (Å²) < 4.78 is 4.76. The molecule has 0 rings (SSSR count). The topological polar surface area (TPSA) is 26.3 Å². The van der Waals surface area contributed by atoms with Gasteiger partial charge in [-0.25, -0.2) is 4.79 Å². The van der Waals surface area contributed by atoms with Crippen molar-refractivity contribution in [1.29, 1.82) is 0 Å². The summed E-state index contributed by atoms with van der Waals surface area (Å²) >= 11 is 0. The van der Waals surface area contributed by atoms with E-state index in [1.54, 1.807) is 0 Å². The van der Waals surface area contributed by atoms with Crippen molar-refractivity contribution in [1.82, 2.24) is 0 Å². The summed E-state index contributed by atoms with van der Waals surface area (Å²) in [5.74, 6) is -0.232. The monoisotopic (exact) mass is 210 g/mol. The SMILES string of the molecule is C=CCCCCCC/C=C/C(=O)OCC. The molecule has 0 amide bonds. The molecule has 0 aromatic rings. The molecule has 0 spiro atoms. The summed E-state index contributed by atoms with van der Waals surface area (Å²) in [6, 6.07) is 0. The molecule has 0 unspecified atom stereocenters. The van der Waals surface area contributed by atoms with E-state index in [1.165, 1.54) is 25.3 Å². The van der Waals surface area contributed by atoms with E-state index < -0.39 is 0 Å². The third-order valence-corrected chi connectivity index (χ3v) is 2.07. The molecule has 0 radical (unpaired) electrons. The molecule has 0 aliphatic rings. The maximum absolute atomic E-state index is 10.9. The quantitative estimate of drug-likeness (QED) is 0.251. The highest BCUT2D eigenvalue weighted by Gasteiger charge is 1.92. The summed E-state index contributed by atoms with van der Waals surface area (Å²) in [6.07, 6.45) is 12.3. The van der Waals surface area contributed by atoms with Crippen LogP contribution in [0.4, 0.5) is 0 Å². The van der Waals surface area contributed by atoms with Gasteiger partial charge in [0.05, 0.1) is 6.61 Å². The lowest BCUT2D eigenvalue weighted by atomic mass is 10.1. The summed E-state index contributed by atoms with van der Waals surface area (Å²) in [6.45, 7) is 5.94. The van der Waals surface area contributed by atoms with Crippen molar-refractivity contribution in [3.05, 3.63) is 24.8 Å². The van der Waals surface area contributed by atoms with Crippen LogP contribution in [0, 0.1) is 0 Å². The number of carbonyl (C=O) groups excluding carboxylic acids is 1. The maximum atomic E-state index is 10.9. The molecule has 0 N–H and O–H groups in total. The van der Waals surface area contributed by atoms with Crippen LogP contribution in [0.1, 0.15) is 45.4 Å². The summed E-state index contributed by atoms with van der Waals surface area (Å²) in [5.41, 5.74) is 0. The Bertz CT molecular complexity index is 195. The molecule has 0 bridgehead atoms. The molecular weight excluding hydrogens is 188 g/mol. The second-order valence-corrected chi connectivity index (χ2v) is 3.43. The Kier molecular flexibility index (Phi) is 10.3. The van der Waals surface area contributed by atoms with E-state index >= 15 is 0 Å². The number of allylic oxidation sites excluding steroid dienone is 2. The fourth-order valence-corrected chi connectivity index (χ4v) is 1.27. The van der Waals surface area contributed by atoms with Crippen molar-refractivity contribution < 1.29 is 9.53 Å². The summed E-state index contributed by atoms with van der Waals surface area (Å²) in [4.78, 5) is 10.9. The Labute approximate surface area is 93.0 Å². The van der Waals surface area contributed by atoms with Crippen LogP contribution in [-0.4, -0.2) is 12.6 Å². The molecule has 86 valence electrons. The lowest BCUT2D eigenvalue weighted by Gasteiger charge is -1.97. The average molecular weight is 210 g/mol. The minimum Gasteiger partial charge on any atom is -0.463 e. The first-order valence-electron chi connectivity index (χ1n) is 5.75. The Morgan fingerprint density at radius 3 is 2.47 bits per heavy atom. The van der Waals surface area contributed by atoms with E-state index in [2.05, 4.69) is 6.58 Å². The highest BCUT2D eigenvalue weighted by atomic mass is 16.5. The van der Waals surface area contributed by atoms with Crippen LogP contribution in [0.3, 0.4) is 0 Å². The Morgan fingerprint density at radius 2 is 1.87 bits per heavy atom. The number of ether oxygens (including phenoxy) is 1. The Morgan fingerprint density at radius 1 is 1.20 bits per heavy atom. The van der Waals surface area contributed by atoms with E-state index in [0.29, 0.717) is 6.61 Å². The van der Waals surface area contributed by atoms with Gasteiger partial charge in [-0.1, -0.05) is 25.0 Å². The number of rotatable bonds is 9. The third-order valence-electron chi connectivity index (χ3n) is 2.07. The zero-order chi connectivity index (χ0) is 11.4. The van der Waals surface area contributed by atoms with Crippen LogP contribution in [0.5, 0.6) is 0 Å². The molecular formula is C13H22O2.